The van der Waals surface area contributed by atoms with Crippen LogP contribution < -0.4 is 11.1 Å². The van der Waals surface area contributed by atoms with Crippen LogP contribution >= 0.6 is 0 Å². The first-order chi connectivity index (χ1) is 7.47. The van der Waals surface area contributed by atoms with Crippen molar-refractivity contribution in [3.63, 3.8) is 0 Å². The molecule has 4 heteroatoms. The highest BCUT2D eigenvalue weighted by Gasteiger charge is 2.21. The lowest BCUT2D eigenvalue weighted by molar-refractivity contribution is -0.120. The van der Waals surface area contributed by atoms with Gasteiger partial charge < -0.3 is 16.0 Å². The fourth-order valence-corrected chi connectivity index (χ4v) is 1.42. The highest BCUT2D eigenvalue weighted by molar-refractivity contribution is 5.98. The van der Waals surface area contributed by atoms with Crippen molar-refractivity contribution in [2.75, 3.05) is 5.32 Å². The van der Waals surface area contributed by atoms with Crippen LogP contribution in [0, 0.1) is 0 Å². The fraction of sp³-hybridized carbons (Fsp3) is 0.250. The Morgan fingerprint density at radius 3 is 2.81 bits per heavy atom. The van der Waals surface area contributed by atoms with Crippen LogP contribution in [-0.2, 0) is 4.79 Å². The average molecular weight is 217 g/mol. The summed E-state index contributed by atoms with van der Waals surface area (Å²) < 4.78 is 0. The standard InChI is InChI=1S/C12H15N3O/c1-12(2,13)11(16)15-9-3-4-10-8(7-9)5-6-14-10/h3-7,14H,13H2,1-2H3,(H,15,16). The number of aromatic amines is 1. The van der Waals surface area contributed by atoms with Gasteiger partial charge in [-0.15, -0.1) is 0 Å². The first-order valence-electron chi connectivity index (χ1n) is 5.14. The van der Waals surface area contributed by atoms with E-state index in [-0.39, 0.29) is 5.91 Å². The third kappa shape index (κ3) is 2.06. The number of hydrogen-bond acceptors (Lipinski definition) is 2. The molecule has 0 spiro atoms. The monoisotopic (exact) mass is 217 g/mol. The fourth-order valence-electron chi connectivity index (χ4n) is 1.42. The van der Waals surface area contributed by atoms with Crippen molar-refractivity contribution in [2.45, 2.75) is 19.4 Å². The van der Waals surface area contributed by atoms with Gasteiger partial charge in [-0.1, -0.05) is 0 Å². The number of benzene rings is 1. The smallest absolute Gasteiger partial charge is 0.243 e. The summed E-state index contributed by atoms with van der Waals surface area (Å²) in [6.07, 6.45) is 1.86. The number of rotatable bonds is 2. The molecule has 0 bridgehead atoms. The molecule has 0 aliphatic rings. The molecule has 0 saturated heterocycles. The molecule has 2 aromatic rings. The Morgan fingerprint density at radius 2 is 2.12 bits per heavy atom. The predicted molar refractivity (Wildman–Crippen MR) is 65.2 cm³/mol. The maximum atomic E-state index is 11.7. The number of amides is 1. The van der Waals surface area contributed by atoms with Crippen LogP contribution in [-0.4, -0.2) is 16.4 Å². The number of fused-ring (bicyclic) bond motifs is 1. The lowest BCUT2D eigenvalue weighted by Crippen LogP contribution is -2.45. The number of H-pyrrole nitrogens is 1. The van der Waals surface area contributed by atoms with Gasteiger partial charge in [0.1, 0.15) is 0 Å². The Labute approximate surface area is 93.8 Å². The highest BCUT2D eigenvalue weighted by Crippen LogP contribution is 2.18. The van der Waals surface area contributed by atoms with Crippen molar-refractivity contribution >= 4 is 22.5 Å². The van der Waals surface area contributed by atoms with E-state index < -0.39 is 5.54 Å². The molecule has 1 aromatic carbocycles. The van der Waals surface area contributed by atoms with E-state index in [0.29, 0.717) is 0 Å². The summed E-state index contributed by atoms with van der Waals surface area (Å²) in [5, 5.41) is 3.85. The Bertz CT molecular complexity index is 522. The van der Waals surface area contributed by atoms with Crippen LogP contribution in [0.2, 0.25) is 0 Å². The maximum Gasteiger partial charge on any atom is 0.243 e. The summed E-state index contributed by atoms with van der Waals surface area (Å²) in [6.45, 7) is 3.36. The van der Waals surface area contributed by atoms with Crippen LogP contribution in [0.15, 0.2) is 30.5 Å². The van der Waals surface area contributed by atoms with Gasteiger partial charge in [0.25, 0.3) is 0 Å². The van der Waals surface area contributed by atoms with Gasteiger partial charge in [-0.25, -0.2) is 0 Å². The molecule has 16 heavy (non-hydrogen) atoms. The molecular formula is C12H15N3O. The van der Waals surface area contributed by atoms with Gasteiger partial charge in [0.05, 0.1) is 5.54 Å². The van der Waals surface area contributed by atoms with Gasteiger partial charge in [-0.05, 0) is 38.1 Å². The molecule has 0 radical (unpaired) electrons. The zero-order valence-electron chi connectivity index (χ0n) is 9.37. The SMILES string of the molecule is CC(C)(N)C(=O)Nc1ccc2[nH]ccc2c1. The molecule has 0 saturated carbocycles. The van der Waals surface area contributed by atoms with Crippen molar-refractivity contribution < 1.29 is 4.79 Å². The van der Waals surface area contributed by atoms with E-state index in [1.807, 2.05) is 30.5 Å². The number of carbonyl (C=O) groups excluding carboxylic acids is 1. The molecule has 0 unspecified atom stereocenters. The molecule has 4 nitrogen and oxygen atoms in total. The first kappa shape index (κ1) is 10.7. The van der Waals surface area contributed by atoms with Crippen LogP contribution in [0.1, 0.15) is 13.8 Å². The van der Waals surface area contributed by atoms with Gasteiger partial charge in [0, 0.05) is 22.8 Å². The summed E-state index contributed by atoms with van der Waals surface area (Å²) in [6, 6.07) is 7.64. The van der Waals surface area contributed by atoms with E-state index in [0.717, 1.165) is 16.6 Å². The number of nitrogens with one attached hydrogen (secondary N) is 2. The second-order valence-corrected chi connectivity index (χ2v) is 4.46. The normalized spacial score (nSPS) is 11.7. The molecule has 1 aromatic heterocycles. The van der Waals surface area contributed by atoms with E-state index in [2.05, 4.69) is 10.3 Å². The van der Waals surface area contributed by atoms with Gasteiger partial charge in [-0.3, -0.25) is 4.79 Å². The number of aromatic nitrogens is 1. The molecular weight excluding hydrogens is 202 g/mol. The van der Waals surface area contributed by atoms with Crippen LogP contribution in [0.25, 0.3) is 10.9 Å². The van der Waals surface area contributed by atoms with E-state index in [1.54, 1.807) is 13.8 Å². The average Bonchev–Trinajstić information content (AvgIpc) is 2.63. The Morgan fingerprint density at radius 1 is 1.38 bits per heavy atom. The van der Waals surface area contributed by atoms with Crippen molar-refractivity contribution in [2.24, 2.45) is 5.73 Å². The van der Waals surface area contributed by atoms with Gasteiger partial charge >= 0.3 is 0 Å². The minimum atomic E-state index is -0.868. The number of anilines is 1. The van der Waals surface area contributed by atoms with Crippen LogP contribution in [0.3, 0.4) is 0 Å². The molecule has 0 aliphatic heterocycles. The molecule has 0 fully saturated rings. The van der Waals surface area contributed by atoms with Crippen molar-refractivity contribution in [1.29, 1.82) is 0 Å². The van der Waals surface area contributed by atoms with E-state index in [9.17, 15) is 4.79 Å². The minimum Gasteiger partial charge on any atom is -0.361 e. The van der Waals surface area contributed by atoms with E-state index >= 15 is 0 Å². The summed E-state index contributed by atoms with van der Waals surface area (Å²) >= 11 is 0. The van der Waals surface area contributed by atoms with Crippen molar-refractivity contribution in [3.05, 3.63) is 30.5 Å². The van der Waals surface area contributed by atoms with Gasteiger partial charge in [0.15, 0.2) is 0 Å². The predicted octanol–water partition coefficient (Wildman–Crippen LogP) is 1.84. The zero-order valence-corrected chi connectivity index (χ0v) is 9.37. The van der Waals surface area contributed by atoms with Gasteiger partial charge in [0.2, 0.25) is 5.91 Å². The first-order valence-corrected chi connectivity index (χ1v) is 5.14. The largest absolute Gasteiger partial charge is 0.361 e. The summed E-state index contributed by atoms with van der Waals surface area (Å²) in [5.41, 5.74) is 6.64. The van der Waals surface area contributed by atoms with Gasteiger partial charge in [-0.2, -0.15) is 0 Å². The minimum absolute atomic E-state index is 0.192. The van der Waals surface area contributed by atoms with Crippen molar-refractivity contribution in [1.82, 2.24) is 4.98 Å². The van der Waals surface area contributed by atoms with Crippen LogP contribution in [0.5, 0.6) is 0 Å². The third-order valence-electron chi connectivity index (χ3n) is 2.40. The molecule has 2 rings (SSSR count). The molecule has 0 atom stereocenters. The Balaban J connectivity index is 2.24. The van der Waals surface area contributed by atoms with E-state index in [4.69, 9.17) is 5.73 Å². The zero-order chi connectivity index (χ0) is 11.8. The summed E-state index contributed by atoms with van der Waals surface area (Å²) in [5.74, 6) is -0.192. The third-order valence-corrected chi connectivity index (χ3v) is 2.40. The molecule has 1 amide bonds. The summed E-state index contributed by atoms with van der Waals surface area (Å²) in [7, 11) is 0. The molecule has 4 N–H and O–H groups in total. The Kier molecular flexibility index (Phi) is 2.44. The second-order valence-electron chi connectivity index (χ2n) is 4.46. The maximum absolute atomic E-state index is 11.7. The highest BCUT2D eigenvalue weighted by atomic mass is 16.2. The number of hydrogen-bond donors (Lipinski definition) is 3. The lowest BCUT2D eigenvalue weighted by atomic mass is 10.1. The Hall–Kier alpha value is -1.81. The molecule has 1 heterocycles. The van der Waals surface area contributed by atoms with Crippen LogP contribution in [0.4, 0.5) is 5.69 Å². The molecule has 84 valence electrons. The number of carbonyl (C=O) groups is 1. The lowest BCUT2D eigenvalue weighted by Gasteiger charge is -2.17. The quantitative estimate of drug-likeness (QED) is 0.718. The second kappa shape index (κ2) is 3.64. The van der Waals surface area contributed by atoms with Crippen molar-refractivity contribution in [3.8, 4) is 0 Å². The number of nitrogens with two attached hydrogens (primary N) is 1. The summed E-state index contributed by atoms with van der Waals surface area (Å²) in [4.78, 5) is 14.8. The van der Waals surface area contributed by atoms with E-state index in [1.165, 1.54) is 0 Å². The molecule has 0 aliphatic carbocycles. The topological polar surface area (TPSA) is 70.9 Å².